The lowest BCUT2D eigenvalue weighted by Crippen LogP contribution is -2.34. The highest BCUT2D eigenvalue weighted by Crippen LogP contribution is 2.32. The molecule has 0 aromatic carbocycles. The van der Waals surface area contributed by atoms with E-state index in [2.05, 4.69) is 15.1 Å². The number of nitro groups is 1. The van der Waals surface area contributed by atoms with Gasteiger partial charge in [0, 0.05) is 45.4 Å². The zero-order valence-corrected chi connectivity index (χ0v) is 13.0. The lowest BCUT2D eigenvalue weighted by molar-refractivity contribution is -0.384. The summed E-state index contributed by atoms with van der Waals surface area (Å²) in [4.78, 5) is 23.0. The molecule has 1 saturated heterocycles. The van der Waals surface area contributed by atoms with Crippen LogP contribution < -0.4 is 9.80 Å². The molecule has 0 radical (unpaired) electrons. The van der Waals surface area contributed by atoms with Crippen LogP contribution in [0.1, 0.15) is 24.7 Å². The number of aromatic nitrogens is 3. The summed E-state index contributed by atoms with van der Waals surface area (Å²) in [5.41, 5.74) is 0.0404. The van der Waals surface area contributed by atoms with Crippen LogP contribution in [0.4, 0.5) is 17.5 Å². The average molecular weight is 318 g/mol. The van der Waals surface area contributed by atoms with Crippen molar-refractivity contribution in [2.45, 2.75) is 18.8 Å². The summed E-state index contributed by atoms with van der Waals surface area (Å²) in [6.45, 7) is 1.34. The molecule has 0 spiro atoms. The van der Waals surface area contributed by atoms with Gasteiger partial charge in [-0.05, 0) is 24.1 Å². The molecule has 2 aromatic rings. The standard InChI is InChI=1S/C14H18N6O3/c1-18(2)14-16-13(23-17-14)10-5-8-19(9-6-10)12-11(20(21)22)4-3-7-15-12/h3-4,7,10H,5-6,8-9H2,1-2H3. The number of piperidine rings is 1. The molecular formula is C14H18N6O3. The van der Waals surface area contributed by atoms with E-state index in [0.717, 1.165) is 12.8 Å². The lowest BCUT2D eigenvalue weighted by atomic mass is 9.96. The Bertz CT molecular complexity index is 693. The molecular weight excluding hydrogens is 300 g/mol. The molecule has 9 nitrogen and oxygen atoms in total. The SMILES string of the molecule is CN(C)c1noc(C2CCN(c3ncccc3[N+](=O)[O-])CC2)n1. The Hall–Kier alpha value is -2.71. The third kappa shape index (κ3) is 3.08. The van der Waals surface area contributed by atoms with Gasteiger partial charge in [-0.2, -0.15) is 4.98 Å². The van der Waals surface area contributed by atoms with Crippen molar-refractivity contribution in [3.63, 3.8) is 0 Å². The van der Waals surface area contributed by atoms with E-state index in [4.69, 9.17) is 4.52 Å². The van der Waals surface area contributed by atoms with Crippen molar-refractivity contribution in [3.8, 4) is 0 Å². The topological polar surface area (TPSA) is 101 Å². The van der Waals surface area contributed by atoms with Crippen molar-refractivity contribution >= 4 is 17.5 Å². The van der Waals surface area contributed by atoms with E-state index in [1.54, 1.807) is 17.2 Å². The van der Waals surface area contributed by atoms with Gasteiger partial charge in [0.05, 0.1) is 4.92 Å². The summed E-state index contributed by atoms with van der Waals surface area (Å²) in [6, 6.07) is 3.06. The van der Waals surface area contributed by atoms with Crippen LogP contribution in [0.5, 0.6) is 0 Å². The molecule has 1 fully saturated rings. The number of rotatable bonds is 4. The van der Waals surface area contributed by atoms with Gasteiger partial charge in [0.1, 0.15) is 0 Å². The molecule has 1 aliphatic heterocycles. The van der Waals surface area contributed by atoms with Gasteiger partial charge in [-0.3, -0.25) is 10.1 Å². The van der Waals surface area contributed by atoms with E-state index in [1.807, 2.05) is 19.0 Å². The van der Waals surface area contributed by atoms with Crippen molar-refractivity contribution in [1.82, 2.24) is 15.1 Å². The van der Waals surface area contributed by atoms with Crippen LogP contribution in [-0.2, 0) is 0 Å². The smallest absolute Gasteiger partial charge is 0.311 e. The van der Waals surface area contributed by atoms with E-state index in [-0.39, 0.29) is 11.6 Å². The number of anilines is 2. The minimum atomic E-state index is -0.393. The fraction of sp³-hybridized carbons (Fsp3) is 0.500. The van der Waals surface area contributed by atoms with Crippen LogP contribution in [0.25, 0.3) is 0 Å². The van der Waals surface area contributed by atoms with Gasteiger partial charge in [-0.25, -0.2) is 4.98 Å². The first-order valence-electron chi connectivity index (χ1n) is 7.41. The fourth-order valence-corrected chi connectivity index (χ4v) is 2.69. The van der Waals surface area contributed by atoms with E-state index >= 15 is 0 Å². The minimum absolute atomic E-state index is 0.0404. The molecule has 0 aliphatic carbocycles. The largest absolute Gasteiger partial charge is 0.351 e. The number of pyridine rings is 1. The van der Waals surface area contributed by atoms with Gasteiger partial charge in [0.2, 0.25) is 11.7 Å². The van der Waals surface area contributed by atoms with Gasteiger partial charge in [-0.1, -0.05) is 0 Å². The molecule has 3 heterocycles. The summed E-state index contributed by atoms with van der Waals surface area (Å²) in [7, 11) is 3.72. The molecule has 1 aliphatic rings. The third-order valence-corrected chi connectivity index (χ3v) is 3.94. The van der Waals surface area contributed by atoms with Crippen LogP contribution >= 0.6 is 0 Å². The Balaban J connectivity index is 1.70. The van der Waals surface area contributed by atoms with E-state index < -0.39 is 4.92 Å². The number of hydrogen-bond donors (Lipinski definition) is 0. The highest BCUT2D eigenvalue weighted by molar-refractivity contribution is 5.57. The summed E-state index contributed by atoms with van der Waals surface area (Å²) in [5, 5.41) is 15.0. The zero-order valence-electron chi connectivity index (χ0n) is 13.0. The molecule has 122 valence electrons. The fourth-order valence-electron chi connectivity index (χ4n) is 2.69. The van der Waals surface area contributed by atoms with E-state index in [0.29, 0.717) is 30.7 Å². The van der Waals surface area contributed by atoms with Crippen LogP contribution in [-0.4, -0.2) is 47.2 Å². The van der Waals surface area contributed by atoms with Gasteiger partial charge in [0.25, 0.3) is 5.95 Å². The average Bonchev–Trinajstić information content (AvgIpc) is 3.05. The highest BCUT2D eigenvalue weighted by atomic mass is 16.6. The molecule has 2 aromatic heterocycles. The maximum Gasteiger partial charge on any atom is 0.311 e. The van der Waals surface area contributed by atoms with Gasteiger partial charge < -0.3 is 14.3 Å². The third-order valence-electron chi connectivity index (χ3n) is 3.94. The number of hydrogen-bond acceptors (Lipinski definition) is 8. The Morgan fingerprint density at radius 3 is 2.74 bits per heavy atom. The second kappa shape index (κ2) is 6.19. The van der Waals surface area contributed by atoms with E-state index in [9.17, 15) is 10.1 Å². The van der Waals surface area contributed by atoms with Crippen molar-refractivity contribution < 1.29 is 9.45 Å². The number of nitrogens with zero attached hydrogens (tertiary/aromatic N) is 6. The molecule has 23 heavy (non-hydrogen) atoms. The molecule has 0 N–H and O–H groups in total. The summed E-state index contributed by atoms with van der Waals surface area (Å²) < 4.78 is 5.32. The van der Waals surface area contributed by atoms with Crippen molar-refractivity contribution in [2.75, 3.05) is 37.0 Å². The normalized spacial score (nSPS) is 15.7. The molecule has 0 atom stereocenters. The van der Waals surface area contributed by atoms with Crippen LogP contribution in [0, 0.1) is 10.1 Å². The lowest BCUT2D eigenvalue weighted by Gasteiger charge is -2.30. The predicted octanol–water partition coefficient (Wildman–Crippen LogP) is 1.82. The first kappa shape index (κ1) is 15.2. The minimum Gasteiger partial charge on any atom is -0.351 e. The summed E-state index contributed by atoms with van der Waals surface area (Å²) >= 11 is 0. The molecule has 0 bridgehead atoms. The first-order valence-corrected chi connectivity index (χ1v) is 7.41. The van der Waals surface area contributed by atoms with Crippen LogP contribution in [0.15, 0.2) is 22.9 Å². The first-order chi connectivity index (χ1) is 11.1. The molecule has 0 amide bonds. The zero-order chi connectivity index (χ0) is 16.4. The Morgan fingerprint density at radius 2 is 2.13 bits per heavy atom. The molecule has 3 rings (SSSR count). The Labute approximate surface area is 133 Å². The predicted molar refractivity (Wildman–Crippen MR) is 83.7 cm³/mol. The molecule has 9 heteroatoms. The second-order valence-corrected chi connectivity index (χ2v) is 5.69. The maximum absolute atomic E-state index is 11.1. The van der Waals surface area contributed by atoms with Crippen LogP contribution in [0.2, 0.25) is 0 Å². The van der Waals surface area contributed by atoms with Crippen molar-refractivity contribution in [2.24, 2.45) is 0 Å². The summed E-state index contributed by atoms with van der Waals surface area (Å²) in [5.74, 6) is 1.79. The van der Waals surface area contributed by atoms with Gasteiger partial charge >= 0.3 is 5.69 Å². The van der Waals surface area contributed by atoms with Crippen LogP contribution in [0.3, 0.4) is 0 Å². The van der Waals surface area contributed by atoms with Crippen molar-refractivity contribution in [3.05, 3.63) is 34.3 Å². The van der Waals surface area contributed by atoms with E-state index in [1.165, 1.54) is 6.07 Å². The highest BCUT2D eigenvalue weighted by Gasteiger charge is 2.29. The van der Waals surface area contributed by atoms with Crippen molar-refractivity contribution in [1.29, 1.82) is 0 Å². The summed E-state index contributed by atoms with van der Waals surface area (Å²) in [6.07, 6.45) is 3.17. The van der Waals surface area contributed by atoms with Gasteiger partial charge in [0.15, 0.2) is 0 Å². The molecule has 0 saturated carbocycles. The quantitative estimate of drug-likeness (QED) is 0.621. The Morgan fingerprint density at radius 1 is 1.39 bits per heavy atom. The second-order valence-electron chi connectivity index (χ2n) is 5.69. The Kier molecular flexibility index (Phi) is 4.09. The maximum atomic E-state index is 11.1. The molecule has 0 unspecified atom stereocenters. The monoisotopic (exact) mass is 318 g/mol. The van der Waals surface area contributed by atoms with Gasteiger partial charge in [-0.15, -0.1) is 0 Å².